The number of aromatic nitrogens is 1. The molecule has 2 rings (SSSR count). The molecule has 1 fully saturated rings. The van der Waals surface area contributed by atoms with Gasteiger partial charge in [-0.05, 0) is 6.92 Å². The van der Waals surface area contributed by atoms with Crippen molar-refractivity contribution >= 4 is 35.0 Å². The molecule has 2 atom stereocenters. The minimum absolute atomic E-state index is 0.101. The molecule has 0 spiro atoms. The quantitative estimate of drug-likeness (QED) is 0.861. The fourth-order valence-electron chi connectivity index (χ4n) is 1.59. The van der Waals surface area contributed by atoms with Crippen molar-refractivity contribution in [1.29, 1.82) is 0 Å². The number of carbonyl (C=O) groups excluding carboxylic acids is 1. The number of hydrogen-bond acceptors (Lipinski definition) is 5. The molecular formula is C9H10N2O3S2. The fraction of sp³-hybridized carbons (Fsp3) is 0.444. The first kappa shape index (κ1) is 11.4. The maximum Gasteiger partial charge on any atom is 0.327 e. The lowest BCUT2D eigenvalue weighted by Gasteiger charge is -2.24. The van der Waals surface area contributed by atoms with E-state index in [1.165, 1.54) is 34.2 Å². The molecule has 5 nitrogen and oxygen atoms in total. The highest BCUT2D eigenvalue weighted by atomic mass is 32.2. The summed E-state index contributed by atoms with van der Waals surface area (Å²) in [6.07, 6.45) is 1.47. The summed E-state index contributed by atoms with van der Waals surface area (Å²) in [5.41, 5.74) is 1.57. The van der Waals surface area contributed by atoms with Gasteiger partial charge in [-0.3, -0.25) is 9.78 Å². The van der Waals surface area contributed by atoms with Crippen LogP contribution in [0.1, 0.15) is 16.6 Å². The monoisotopic (exact) mass is 258 g/mol. The van der Waals surface area contributed by atoms with Gasteiger partial charge in [-0.15, -0.1) is 23.1 Å². The Labute approximate surface area is 100 Å². The maximum atomic E-state index is 12.1. The van der Waals surface area contributed by atoms with E-state index in [0.29, 0.717) is 10.6 Å². The van der Waals surface area contributed by atoms with Crippen molar-refractivity contribution in [2.45, 2.75) is 18.3 Å². The molecule has 86 valence electrons. The van der Waals surface area contributed by atoms with Crippen LogP contribution in [0.5, 0.6) is 0 Å². The van der Waals surface area contributed by atoms with Crippen molar-refractivity contribution in [3.05, 3.63) is 16.6 Å². The lowest BCUT2D eigenvalue weighted by Crippen LogP contribution is -2.44. The number of amides is 1. The van der Waals surface area contributed by atoms with Crippen LogP contribution in [0.4, 0.5) is 0 Å². The predicted octanol–water partition coefficient (Wildman–Crippen LogP) is 1.13. The van der Waals surface area contributed by atoms with Crippen molar-refractivity contribution in [2.75, 3.05) is 5.75 Å². The zero-order valence-corrected chi connectivity index (χ0v) is 10.1. The molecule has 1 aliphatic rings. The predicted molar refractivity (Wildman–Crippen MR) is 61.6 cm³/mol. The van der Waals surface area contributed by atoms with E-state index < -0.39 is 12.0 Å². The van der Waals surface area contributed by atoms with Gasteiger partial charge in [0.2, 0.25) is 0 Å². The van der Waals surface area contributed by atoms with Gasteiger partial charge in [0.05, 0.1) is 17.1 Å². The van der Waals surface area contributed by atoms with Crippen molar-refractivity contribution in [1.82, 2.24) is 9.88 Å². The number of carboxylic acids is 1. The van der Waals surface area contributed by atoms with E-state index in [-0.39, 0.29) is 11.3 Å². The lowest BCUT2D eigenvalue weighted by atomic mass is 10.2. The topological polar surface area (TPSA) is 70.5 Å². The second-order valence-electron chi connectivity index (χ2n) is 3.36. The van der Waals surface area contributed by atoms with E-state index in [9.17, 15) is 9.59 Å². The van der Waals surface area contributed by atoms with Gasteiger partial charge in [-0.25, -0.2) is 4.79 Å². The summed E-state index contributed by atoms with van der Waals surface area (Å²) in [4.78, 5) is 28.8. The van der Waals surface area contributed by atoms with Gasteiger partial charge in [0.1, 0.15) is 10.9 Å². The molecule has 1 saturated heterocycles. The van der Waals surface area contributed by atoms with E-state index in [4.69, 9.17) is 5.11 Å². The van der Waals surface area contributed by atoms with Gasteiger partial charge < -0.3 is 10.0 Å². The molecule has 1 aliphatic heterocycles. The first-order valence-corrected chi connectivity index (χ1v) is 6.59. The Hall–Kier alpha value is -1.08. The molecule has 2 heterocycles. The molecule has 0 radical (unpaired) electrons. The Morgan fingerprint density at radius 2 is 2.38 bits per heavy atom. The van der Waals surface area contributed by atoms with Crippen molar-refractivity contribution in [3.8, 4) is 0 Å². The summed E-state index contributed by atoms with van der Waals surface area (Å²) in [5.74, 6) is -0.747. The highest BCUT2D eigenvalue weighted by Gasteiger charge is 2.40. The zero-order chi connectivity index (χ0) is 11.7. The molecule has 1 aromatic rings. The van der Waals surface area contributed by atoms with E-state index in [1.807, 2.05) is 6.92 Å². The Morgan fingerprint density at radius 1 is 1.62 bits per heavy atom. The summed E-state index contributed by atoms with van der Waals surface area (Å²) >= 11 is 2.70. The summed E-state index contributed by atoms with van der Waals surface area (Å²) in [6, 6.07) is -0.727. The van der Waals surface area contributed by atoms with Crippen LogP contribution in [-0.2, 0) is 4.79 Å². The van der Waals surface area contributed by atoms with E-state index in [2.05, 4.69) is 4.98 Å². The number of carboxylic acid groups (broad SMARTS) is 1. The Bertz CT molecular complexity index is 407. The summed E-state index contributed by atoms with van der Waals surface area (Å²) in [7, 11) is 0. The van der Waals surface area contributed by atoms with Crippen LogP contribution in [0.25, 0.3) is 0 Å². The SMILES string of the molecule is CC1SCC(C(=O)O)N1C(=O)c1cncs1. The van der Waals surface area contributed by atoms with Gasteiger partial charge in [-0.1, -0.05) is 0 Å². The minimum Gasteiger partial charge on any atom is -0.480 e. The van der Waals surface area contributed by atoms with Gasteiger partial charge in [0, 0.05) is 5.75 Å². The van der Waals surface area contributed by atoms with Crippen LogP contribution >= 0.6 is 23.1 Å². The number of rotatable bonds is 2. The smallest absolute Gasteiger partial charge is 0.327 e. The molecule has 2 unspecified atom stereocenters. The molecule has 0 aromatic carbocycles. The molecule has 0 aliphatic carbocycles. The van der Waals surface area contributed by atoms with Gasteiger partial charge >= 0.3 is 5.97 Å². The van der Waals surface area contributed by atoms with Gasteiger partial charge in [0.25, 0.3) is 5.91 Å². The second-order valence-corrected chi connectivity index (χ2v) is 5.60. The second kappa shape index (κ2) is 4.42. The third-order valence-electron chi connectivity index (χ3n) is 2.39. The van der Waals surface area contributed by atoms with Gasteiger partial charge in [0.15, 0.2) is 0 Å². The van der Waals surface area contributed by atoms with E-state index >= 15 is 0 Å². The minimum atomic E-state index is -0.949. The first-order chi connectivity index (χ1) is 7.61. The first-order valence-electron chi connectivity index (χ1n) is 4.67. The van der Waals surface area contributed by atoms with E-state index in [0.717, 1.165) is 0 Å². The number of thiazole rings is 1. The molecule has 1 amide bonds. The zero-order valence-electron chi connectivity index (χ0n) is 8.49. The fourth-order valence-corrected chi connectivity index (χ4v) is 3.32. The standard InChI is InChI=1S/C9H10N2O3S2/c1-5-11(6(3-15-5)9(13)14)8(12)7-2-10-4-16-7/h2,4-6H,3H2,1H3,(H,13,14). The third kappa shape index (κ3) is 1.92. The summed E-state index contributed by atoms with van der Waals surface area (Å²) in [5, 5.41) is 8.93. The van der Waals surface area contributed by atoms with Crippen LogP contribution in [0.3, 0.4) is 0 Å². The van der Waals surface area contributed by atoms with E-state index in [1.54, 1.807) is 5.51 Å². The molecule has 0 saturated carbocycles. The Balaban J connectivity index is 2.24. The maximum absolute atomic E-state index is 12.1. The number of aliphatic carboxylic acids is 1. The molecule has 1 N–H and O–H groups in total. The average molecular weight is 258 g/mol. The Kier molecular flexibility index (Phi) is 3.15. The highest BCUT2D eigenvalue weighted by molar-refractivity contribution is 8.00. The van der Waals surface area contributed by atoms with Crippen LogP contribution < -0.4 is 0 Å². The van der Waals surface area contributed by atoms with Crippen LogP contribution in [-0.4, -0.2) is 44.0 Å². The summed E-state index contributed by atoms with van der Waals surface area (Å²) in [6.45, 7) is 1.84. The molecule has 0 bridgehead atoms. The number of thioether (sulfide) groups is 1. The van der Waals surface area contributed by atoms with Crippen molar-refractivity contribution in [2.24, 2.45) is 0 Å². The van der Waals surface area contributed by atoms with Crippen LogP contribution in [0.15, 0.2) is 11.7 Å². The number of nitrogens with zero attached hydrogens (tertiary/aromatic N) is 2. The average Bonchev–Trinajstić information content (AvgIpc) is 2.84. The molecule has 7 heteroatoms. The van der Waals surface area contributed by atoms with Gasteiger partial charge in [-0.2, -0.15) is 0 Å². The van der Waals surface area contributed by atoms with Crippen molar-refractivity contribution in [3.63, 3.8) is 0 Å². The van der Waals surface area contributed by atoms with Crippen LogP contribution in [0, 0.1) is 0 Å². The largest absolute Gasteiger partial charge is 0.480 e. The van der Waals surface area contributed by atoms with Crippen LogP contribution in [0.2, 0.25) is 0 Å². The third-order valence-corrected chi connectivity index (χ3v) is 4.36. The normalized spacial score (nSPS) is 24.7. The van der Waals surface area contributed by atoms with Crippen molar-refractivity contribution < 1.29 is 14.7 Å². The highest BCUT2D eigenvalue weighted by Crippen LogP contribution is 2.30. The molecule has 16 heavy (non-hydrogen) atoms. The summed E-state index contributed by atoms with van der Waals surface area (Å²) < 4.78 is 0. The molecular weight excluding hydrogens is 248 g/mol. The number of carbonyl (C=O) groups is 2. The Morgan fingerprint density at radius 3 is 2.94 bits per heavy atom. The number of hydrogen-bond donors (Lipinski definition) is 1. The lowest BCUT2D eigenvalue weighted by molar-refractivity contribution is -0.141. The molecule has 1 aromatic heterocycles.